The van der Waals surface area contributed by atoms with E-state index in [9.17, 15) is 0 Å². The van der Waals surface area contributed by atoms with E-state index >= 15 is 0 Å². The van der Waals surface area contributed by atoms with Crippen LogP contribution >= 0.6 is 0 Å². The minimum absolute atomic E-state index is 1.08. The van der Waals surface area contributed by atoms with Crippen LogP contribution in [0.5, 0.6) is 0 Å². The molecule has 0 bridgehead atoms. The molecule has 3 heteroatoms. The Kier molecular flexibility index (Phi) is 7.22. The van der Waals surface area contributed by atoms with Crippen molar-refractivity contribution in [3.8, 4) is 0 Å². The van der Waals surface area contributed by atoms with E-state index in [1.807, 2.05) is 0 Å². The van der Waals surface area contributed by atoms with Gasteiger partial charge >= 0.3 is 0 Å². The highest BCUT2D eigenvalue weighted by molar-refractivity contribution is 7.02. The van der Waals surface area contributed by atoms with Gasteiger partial charge < -0.3 is 9.80 Å². The summed E-state index contributed by atoms with van der Waals surface area (Å²) in [6, 6.07) is 22.0. The van der Waals surface area contributed by atoms with Crippen LogP contribution in [0.4, 0.5) is 11.4 Å². The van der Waals surface area contributed by atoms with Crippen molar-refractivity contribution in [1.29, 1.82) is 0 Å². The van der Waals surface area contributed by atoms with Gasteiger partial charge in [0.05, 0.1) is 0 Å². The van der Waals surface area contributed by atoms with Crippen LogP contribution in [0.2, 0.25) is 12.1 Å². The maximum atomic E-state index is 2.54. The summed E-state index contributed by atoms with van der Waals surface area (Å²) in [5.74, 6) is 0. The molecular weight excluding hydrogens is 356 g/mol. The fraction of sp³-hybridized carbons (Fsp3) is 0.520. The first kappa shape index (κ1) is 21.0. The fourth-order valence-electron chi connectivity index (χ4n) is 5.08. The van der Waals surface area contributed by atoms with Gasteiger partial charge in [0.25, 0.3) is 0 Å². The Labute approximate surface area is 173 Å². The quantitative estimate of drug-likeness (QED) is 0.573. The van der Waals surface area contributed by atoms with Crippen LogP contribution in [0, 0.1) is 0 Å². The molecule has 28 heavy (non-hydrogen) atoms. The van der Waals surface area contributed by atoms with E-state index < -0.39 is 8.07 Å². The molecule has 1 fully saturated rings. The summed E-state index contributed by atoms with van der Waals surface area (Å²) in [6.07, 6.45) is 4.18. The SMILES string of the molecule is CCN(CC)c1cccc([Si]2(c3cccc(N(CC)CC)c3)CCCCC2)c1. The second kappa shape index (κ2) is 9.64. The first-order valence-electron chi connectivity index (χ1n) is 11.4. The van der Waals surface area contributed by atoms with Crippen molar-refractivity contribution in [2.75, 3.05) is 36.0 Å². The molecule has 0 aromatic heterocycles. The molecule has 0 N–H and O–H groups in total. The molecule has 1 saturated heterocycles. The lowest BCUT2D eigenvalue weighted by Gasteiger charge is -2.38. The Morgan fingerprint density at radius 2 is 1.07 bits per heavy atom. The van der Waals surface area contributed by atoms with Gasteiger partial charge in [-0.1, -0.05) is 53.9 Å². The highest BCUT2D eigenvalue weighted by Gasteiger charge is 2.38. The summed E-state index contributed by atoms with van der Waals surface area (Å²) < 4.78 is 0. The van der Waals surface area contributed by atoms with E-state index in [1.165, 1.54) is 42.7 Å². The summed E-state index contributed by atoms with van der Waals surface area (Å²) in [5, 5.41) is 3.29. The van der Waals surface area contributed by atoms with Gasteiger partial charge in [-0.3, -0.25) is 0 Å². The van der Waals surface area contributed by atoms with E-state index in [2.05, 4.69) is 86.0 Å². The lowest BCUT2D eigenvalue weighted by atomic mass is 10.2. The van der Waals surface area contributed by atoms with Gasteiger partial charge in [0, 0.05) is 37.6 Å². The summed E-state index contributed by atoms with van der Waals surface area (Å²) in [4.78, 5) is 4.97. The van der Waals surface area contributed by atoms with Crippen molar-refractivity contribution in [3.05, 3.63) is 48.5 Å². The molecule has 0 atom stereocenters. The number of anilines is 2. The second-order valence-electron chi connectivity index (χ2n) is 8.09. The number of hydrogen-bond acceptors (Lipinski definition) is 2. The predicted molar refractivity (Wildman–Crippen MR) is 128 cm³/mol. The van der Waals surface area contributed by atoms with Crippen molar-refractivity contribution in [2.45, 2.75) is 59.0 Å². The summed E-state index contributed by atoms with van der Waals surface area (Å²) in [5.41, 5.74) is 2.81. The van der Waals surface area contributed by atoms with Gasteiger partial charge in [-0.05, 0) is 64.0 Å². The molecule has 1 aliphatic rings. The molecule has 152 valence electrons. The van der Waals surface area contributed by atoms with Gasteiger partial charge in [-0.15, -0.1) is 0 Å². The van der Waals surface area contributed by atoms with Gasteiger partial charge in [-0.25, -0.2) is 0 Å². The monoisotopic (exact) mass is 394 g/mol. The van der Waals surface area contributed by atoms with E-state index in [4.69, 9.17) is 0 Å². The molecule has 0 saturated carbocycles. The maximum absolute atomic E-state index is 2.54. The van der Waals surface area contributed by atoms with Crippen LogP contribution < -0.4 is 20.2 Å². The molecule has 1 heterocycles. The van der Waals surface area contributed by atoms with Crippen LogP contribution in [0.3, 0.4) is 0 Å². The van der Waals surface area contributed by atoms with Crippen molar-refractivity contribution in [3.63, 3.8) is 0 Å². The minimum atomic E-state index is -1.69. The molecule has 1 aliphatic heterocycles. The average Bonchev–Trinajstić information content (AvgIpc) is 2.76. The van der Waals surface area contributed by atoms with E-state index in [0.717, 1.165) is 26.2 Å². The zero-order valence-electron chi connectivity index (χ0n) is 18.4. The maximum Gasteiger partial charge on any atom is 0.118 e. The van der Waals surface area contributed by atoms with E-state index in [1.54, 1.807) is 10.4 Å². The summed E-state index contributed by atoms with van der Waals surface area (Å²) in [7, 11) is -1.69. The third kappa shape index (κ3) is 4.15. The fourth-order valence-corrected chi connectivity index (χ4v) is 10.2. The normalized spacial score (nSPS) is 16.0. The van der Waals surface area contributed by atoms with E-state index in [0.29, 0.717) is 0 Å². The lowest BCUT2D eigenvalue weighted by molar-refractivity contribution is 0.720. The molecule has 2 aromatic carbocycles. The van der Waals surface area contributed by atoms with Crippen molar-refractivity contribution < 1.29 is 0 Å². The van der Waals surface area contributed by atoms with Gasteiger partial charge in [0.15, 0.2) is 0 Å². The van der Waals surface area contributed by atoms with Gasteiger partial charge in [0.2, 0.25) is 0 Å². The molecule has 0 aliphatic carbocycles. The first-order chi connectivity index (χ1) is 13.7. The molecule has 0 radical (unpaired) electrons. The van der Waals surface area contributed by atoms with Crippen LogP contribution in [-0.4, -0.2) is 34.3 Å². The van der Waals surface area contributed by atoms with Gasteiger partial charge in [-0.2, -0.15) is 0 Å². The zero-order valence-corrected chi connectivity index (χ0v) is 19.4. The van der Waals surface area contributed by atoms with Gasteiger partial charge in [0.1, 0.15) is 8.07 Å². The van der Waals surface area contributed by atoms with Crippen molar-refractivity contribution in [2.24, 2.45) is 0 Å². The molecular formula is C25H38N2Si. The summed E-state index contributed by atoms with van der Waals surface area (Å²) in [6.45, 7) is 13.3. The Morgan fingerprint density at radius 1 is 0.643 bits per heavy atom. The molecule has 0 unspecified atom stereocenters. The highest BCUT2D eigenvalue weighted by Crippen LogP contribution is 2.30. The number of benzene rings is 2. The molecule has 2 aromatic rings. The largest absolute Gasteiger partial charge is 0.372 e. The summed E-state index contributed by atoms with van der Waals surface area (Å²) >= 11 is 0. The zero-order chi connectivity index (χ0) is 20.0. The number of rotatable bonds is 8. The Morgan fingerprint density at radius 3 is 1.46 bits per heavy atom. The van der Waals surface area contributed by atoms with Crippen LogP contribution in [-0.2, 0) is 0 Å². The molecule has 3 rings (SSSR count). The smallest absolute Gasteiger partial charge is 0.118 e. The molecule has 0 amide bonds. The Bertz CT molecular complexity index is 686. The minimum Gasteiger partial charge on any atom is -0.372 e. The second-order valence-corrected chi connectivity index (χ2v) is 12.4. The highest BCUT2D eigenvalue weighted by atomic mass is 28.3. The first-order valence-corrected chi connectivity index (χ1v) is 13.8. The average molecular weight is 395 g/mol. The Hall–Kier alpha value is -1.74. The van der Waals surface area contributed by atoms with Crippen LogP contribution in [0.25, 0.3) is 0 Å². The molecule has 0 spiro atoms. The van der Waals surface area contributed by atoms with Crippen molar-refractivity contribution >= 4 is 29.8 Å². The Balaban J connectivity index is 2.08. The lowest BCUT2D eigenvalue weighted by Crippen LogP contribution is -2.59. The third-order valence-corrected chi connectivity index (χ3v) is 12.0. The number of nitrogens with zero attached hydrogens (tertiary/aromatic N) is 2. The van der Waals surface area contributed by atoms with Crippen LogP contribution in [0.15, 0.2) is 48.5 Å². The van der Waals surface area contributed by atoms with E-state index in [-0.39, 0.29) is 0 Å². The van der Waals surface area contributed by atoms with Crippen molar-refractivity contribution in [1.82, 2.24) is 0 Å². The number of hydrogen-bond donors (Lipinski definition) is 0. The third-order valence-electron chi connectivity index (χ3n) is 6.76. The van der Waals surface area contributed by atoms with Crippen LogP contribution in [0.1, 0.15) is 47.0 Å². The standard InChI is InChI=1S/C25H38N2Si/c1-5-26(6-2)22-14-12-16-24(20-22)28(18-10-9-11-19-28)25-17-13-15-23(21-25)27(7-3)8-4/h12-17,20-21H,5-11,18-19H2,1-4H3. The molecule has 2 nitrogen and oxygen atoms in total. The topological polar surface area (TPSA) is 6.48 Å². The predicted octanol–water partition coefficient (Wildman–Crippen LogP) is 5.13.